The second-order valence-corrected chi connectivity index (χ2v) is 4.05. The Morgan fingerprint density at radius 2 is 2.00 bits per heavy atom. The van der Waals surface area contributed by atoms with E-state index in [9.17, 15) is 4.79 Å². The van der Waals surface area contributed by atoms with Gasteiger partial charge in [0.05, 0.1) is 6.04 Å². The number of nitrogens with two attached hydrogens (primary N) is 1. The van der Waals surface area contributed by atoms with Crippen LogP contribution in [0, 0.1) is 13.8 Å². The molecule has 0 radical (unpaired) electrons. The van der Waals surface area contributed by atoms with Crippen LogP contribution in [0.1, 0.15) is 30.0 Å². The molecule has 1 rings (SSSR count). The van der Waals surface area contributed by atoms with Crippen LogP contribution in [0.3, 0.4) is 0 Å². The largest absolute Gasteiger partial charge is 0.321 e. The molecule has 15 heavy (non-hydrogen) atoms. The molecular weight excluding hydrogens is 186 g/mol. The molecule has 0 fully saturated rings. The summed E-state index contributed by atoms with van der Waals surface area (Å²) >= 11 is 0. The Morgan fingerprint density at radius 3 is 2.53 bits per heavy atom. The van der Waals surface area contributed by atoms with Crippen LogP contribution in [-0.2, 0) is 11.2 Å². The summed E-state index contributed by atoms with van der Waals surface area (Å²) in [6.45, 7) is 6.00. The first-order valence-corrected chi connectivity index (χ1v) is 5.39. The second-order valence-electron chi connectivity index (χ2n) is 4.05. The smallest absolute Gasteiger partial charge is 0.149 e. The van der Waals surface area contributed by atoms with Crippen molar-refractivity contribution in [3.63, 3.8) is 0 Å². The molecule has 0 amide bonds. The van der Waals surface area contributed by atoms with Gasteiger partial charge in [-0.05, 0) is 37.0 Å². The Morgan fingerprint density at radius 1 is 1.33 bits per heavy atom. The summed E-state index contributed by atoms with van der Waals surface area (Å²) in [7, 11) is 0. The third-order valence-electron chi connectivity index (χ3n) is 2.79. The van der Waals surface area contributed by atoms with Crippen LogP contribution in [-0.4, -0.2) is 11.8 Å². The van der Waals surface area contributed by atoms with Gasteiger partial charge < -0.3 is 5.73 Å². The minimum atomic E-state index is -0.350. The highest BCUT2D eigenvalue weighted by Gasteiger charge is 2.11. The van der Waals surface area contributed by atoms with Crippen LogP contribution in [0.15, 0.2) is 18.2 Å². The molecule has 1 aromatic carbocycles. The molecule has 2 heteroatoms. The maximum atomic E-state index is 11.3. The lowest BCUT2D eigenvalue weighted by atomic mass is 9.99. The van der Waals surface area contributed by atoms with E-state index in [0.29, 0.717) is 12.8 Å². The number of ketones is 1. The number of Topliss-reactive ketones (excluding diaryl/α,β-unsaturated/α-hetero) is 1. The SMILES string of the molecule is CCC(=O)C(N)Cc1ccc(C)c(C)c1. The Hall–Kier alpha value is -1.15. The molecule has 0 aromatic heterocycles. The number of aryl methyl sites for hydroxylation is 2. The van der Waals surface area contributed by atoms with Crippen LogP contribution in [0.5, 0.6) is 0 Å². The van der Waals surface area contributed by atoms with Crippen molar-refractivity contribution in [1.29, 1.82) is 0 Å². The Labute approximate surface area is 91.5 Å². The van der Waals surface area contributed by atoms with E-state index in [1.807, 2.05) is 13.0 Å². The van der Waals surface area contributed by atoms with Gasteiger partial charge >= 0.3 is 0 Å². The molecule has 0 saturated heterocycles. The lowest BCUT2D eigenvalue weighted by Crippen LogP contribution is -2.32. The fourth-order valence-corrected chi connectivity index (χ4v) is 1.56. The van der Waals surface area contributed by atoms with E-state index in [1.54, 1.807) is 0 Å². The van der Waals surface area contributed by atoms with Gasteiger partial charge in [0, 0.05) is 6.42 Å². The Balaban J connectivity index is 2.73. The Kier molecular flexibility index (Phi) is 4.04. The fourth-order valence-electron chi connectivity index (χ4n) is 1.56. The molecule has 0 aliphatic heterocycles. The van der Waals surface area contributed by atoms with E-state index in [4.69, 9.17) is 5.73 Å². The highest BCUT2D eigenvalue weighted by molar-refractivity contribution is 5.83. The minimum absolute atomic E-state index is 0.133. The van der Waals surface area contributed by atoms with E-state index < -0.39 is 0 Å². The number of hydrogen-bond donors (Lipinski definition) is 1. The van der Waals surface area contributed by atoms with Crippen LogP contribution >= 0.6 is 0 Å². The van der Waals surface area contributed by atoms with Crippen LogP contribution in [0.4, 0.5) is 0 Å². The average molecular weight is 205 g/mol. The maximum absolute atomic E-state index is 11.3. The quantitative estimate of drug-likeness (QED) is 0.818. The summed E-state index contributed by atoms with van der Waals surface area (Å²) in [5.74, 6) is 0.133. The van der Waals surface area contributed by atoms with Gasteiger partial charge in [-0.25, -0.2) is 0 Å². The molecule has 1 unspecified atom stereocenters. The molecule has 0 spiro atoms. The lowest BCUT2D eigenvalue weighted by Gasteiger charge is -2.10. The average Bonchev–Trinajstić information content (AvgIpc) is 2.22. The van der Waals surface area contributed by atoms with Crippen LogP contribution < -0.4 is 5.73 Å². The van der Waals surface area contributed by atoms with Gasteiger partial charge in [0.1, 0.15) is 5.78 Å². The zero-order valence-corrected chi connectivity index (χ0v) is 9.71. The number of carbonyl (C=O) groups excluding carboxylic acids is 1. The highest BCUT2D eigenvalue weighted by Crippen LogP contribution is 2.11. The minimum Gasteiger partial charge on any atom is -0.321 e. The van der Waals surface area contributed by atoms with E-state index in [2.05, 4.69) is 26.0 Å². The van der Waals surface area contributed by atoms with Gasteiger partial charge in [-0.2, -0.15) is 0 Å². The molecule has 2 nitrogen and oxygen atoms in total. The summed E-state index contributed by atoms with van der Waals surface area (Å²) in [4.78, 5) is 11.3. The second kappa shape index (κ2) is 5.08. The molecule has 1 atom stereocenters. The van der Waals surface area contributed by atoms with Crippen molar-refractivity contribution in [1.82, 2.24) is 0 Å². The molecule has 1 aromatic rings. The van der Waals surface area contributed by atoms with Crippen LogP contribution in [0.2, 0.25) is 0 Å². The number of carbonyl (C=O) groups is 1. The maximum Gasteiger partial charge on any atom is 0.149 e. The standard InChI is InChI=1S/C13H19NO/c1-4-13(15)12(14)8-11-6-5-9(2)10(3)7-11/h5-7,12H,4,8,14H2,1-3H3. The lowest BCUT2D eigenvalue weighted by molar-refractivity contribution is -0.119. The third kappa shape index (κ3) is 3.17. The highest BCUT2D eigenvalue weighted by atomic mass is 16.1. The number of hydrogen-bond acceptors (Lipinski definition) is 2. The zero-order chi connectivity index (χ0) is 11.4. The van der Waals surface area contributed by atoms with Crippen molar-refractivity contribution in [3.05, 3.63) is 34.9 Å². The molecular formula is C13H19NO. The predicted octanol–water partition coefficient (Wildman–Crippen LogP) is 2.15. The first kappa shape index (κ1) is 11.9. The van der Waals surface area contributed by atoms with Crippen molar-refractivity contribution in [3.8, 4) is 0 Å². The van der Waals surface area contributed by atoms with E-state index in [-0.39, 0.29) is 11.8 Å². The van der Waals surface area contributed by atoms with Crippen LogP contribution in [0.25, 0.3) is 0 Å². The summed E-state index contributed by atoms with van der Waals surface area (Å²) in [6, 6.07) is 5.88. The van der Waals surface area contributed by atoms with Crippen molar-refractivity contribution in [2.24, 2.45) is 5.73 Å². The van der Waals surface area contributed by atoms with Gasteiger partial charge in [-0.15, -0.1) is 0 Å². The zero-order valence-electron chi connectivity index (χ0n) is 9.71. The van der Waals surface area contributed by atoms with E-state index >= 15 is 0 Å². The van der Waals surface area contributed by atoms with Gasteiger partial charge in [-0.3, -0.25) is 4.79 Å². The summed E-state index contributed by atoms with van der Waals surface area (Å²) in [5, 5.41) is 0. The first-order chi connectivity index (χ1) is 7.04. The summed E-state index contributed by atoms with van der Waals surface area (Å²) in [6.07, 6.45) is 1.17. The molecule has 82 valence electrons. The first-order valence-electron chi connectivity index (χ1n) is 5.39. The topological polar surface area (TPSA) is 43.1 Å². The summed E-state index contributed by atoms with van der Waals surface area (Å²) < 4.78 is 0. The normalized spacial score (nSPS) is 12.5. The van der Waals surface area contributed by atoms with Gasteiger partial charge in [0.2, 0.25) is 0 Å². The van der Waals surface area contributed by atoms with Crippen molar-refractivity contribution in [2.45, 2.75) is 39.7 Å². The summed E-state index contributed by atoms with van der Waals surface area (Å²) in [5.41, 5.74) is 9.47. The molecule has 0 aliphatic rings. The number of benzene rings is 1. The Bertz CT molecular complexity index is 358. The van der Waals surface area contributed by atoms with Gasteiger partial charge in [-0.1, -0.05) is 25.1 Å². The fraction of sp³-hybridized carbons (Fsp3) is 0.462. The number of rotatable bonds is 4. The van der Waals surface area contributed by atoms with Crippen molar-refractivity contribution >= 4 is 5.78 Å². The third-order valence-corrected chi connectivity index (χ3v) is 2.79. The van der Waals surface area contributed by atoms with Gasteiger partial charge in [0.25, 0.3) is 0 Å². The molecule has 2 N–H and O–H groups in total. The van der Waals surface area contributed by atoms with Crippen molar-refractivity contribution < 1.29 is 4.79 Å². The van der Waals surface area contributed by atoms with Crippen molar-refractivity contribution in [2.75, 3.05) is 0 Å². The predicted molar refractivity (Wildman–Crippen MR) is 62.9 cm³/mol. The molecule has 0 saturated carbocycles. The molecule has 0 aliphatic carbocycles. The molecule has 0 bridgehead atoms. The van der Waals surface area contributed by atoms with Gasteiger partial charge in [0.15, 0.2) is 0 Å². The van der Waals surface area contributed by atoms with E-state index in [0.717, 1.165) is 5.56 Å². The monoisotopic (exact) mass is 205 g/mol. The van der Waals surface area contributed by atoms with E-state index in [1.165, 1.54) is 11.1 Å². The molecule has 0 heterocycles.